The Kier molecular flexibility index (Phi) is 4.64. The van der Waals surface area contributed by atoms with Gasteiger partial charge in [-0.25, -0.2) is 0 Å². The first-order chi connectivity index (χ1) is 11.8. The van der Waals surface area contributed by atoms with Gasteiger partial charge in [0.25, 0.3) is 5.91 Å². The second-order valence-corrected chi connectivity index (χ2v) is 7.60. The number of amides is 1. The lowest BCUT2D eigenvalue weighted by molar-refractivity contribution is 0.0509. The first kappa shape index (κ1) is 17.6. The van der Waals surface area contributed by atoms with Crippen molar-refractivity contribution in [3.63, 3.8) is 0 Å². The average molecular weight is 342 g/mol. The number of likely N-dealkylation sites (N-methyl/N-ethyl adjacent to an activating group) is 1. The highest BCUT2D eigenvalue weighted by Gasteiger charge is 2.36. The maximum absolute atomic E-state index is 13.0. The molecule has 2 atom stereocenters. The van der Waals surface area contributed by atoms with Gasteiger partial charge < -0.3 is 9.64 Å². The van der Waals surface area contributed by atoms with E-state index >= 15 is 0 Å². The van der Waals surface area contributed by atoms with Crippen LogP contribution in [0.2, 0.25) is 0 Å². The molecule has 0 spiro atoms. The summed E-state index contributed by atoms with van der Waals surface area (Å²) in [5, 5.41) is 4.54. The number of ether oxygens (including phenoxy) is 1. The van der Waals surface area contributed by atoms with E-state index in [1.54, 1.807) is 17.3 Å². The number of carbonyl (C=O) groups excluding carboxylic acids is 1. The standard InChI is InChI=1S/C19H26N4O2/c1-13-11-15(21-23(13)19(2,3)4)18(24)22(5)16-8-10-25-17(16)14-7-6-9-20-12-14/h6-7,9,11-12,16-17H,8,10H2,1-5H3/t16-,17+/m0/s1. The zero-order valence-corrected chi connectivity index (χ0v) is 15.6. The van der Waals surface area contributed by atoms with E-state index in [1.807, 2.05) is 36.9 Å². The van der Waals surface area contributed by atoms with Crippen LogP contribution >= 0.6 is 0 Å². The molecule has 6 heteroatoms. The second kappa shape index (κ2) is 6.59. The molecule has 1 amide bonds. The number of aromatic nitrogens is 3. The summed E-state index contributed by atoms with van der Waals surface area (Å²) in [6.45, 7) is 8.85. The lowest BCUT2D eigenvalue weighted by Crippen LogP contribution is -2.39. The highest BCUT2D eigenvalue weighted by Crippen LogP contribution is 2.32. The maximum atomic E-state index is 13.0. The van der Waals surface area contributed by atoms with Crippen molar-refractivity contribution in [3.8, 4) is 0 Å². The van der Waals surface area contributed by atoms with Crippen molar-refractivity contribution in [1.29, 1.82) is 0 Å². The average Bonchev–Trinajstić information content (AvgIpc) is 3.20. The molecule has 0 bridgehead atoms. The van der Waals surface area contributed by atoms with Gasteiger partial charge in [-0.2, -0.15) is 5.10 Å². The number of aryl methyl sites for hydroxylation is 1. The molecule has 2 aromatic rings. The fraction of sp³-hybridized carbons (Fsp3) is 0.526. The molecule has 0 unspecified atom stereocenters. The molecule has 0 saturated carbocycles. The van der Waals surface area contributed by atoms with Crippen LogP contribution in [0.4, 0.5) is 0 Å². The zero-order valence-electron chi connectivity index (χ0n) is 15.6. The Hall–Kier alpha value is -2.21. The molecule has 6 nitrogen and oxygen atoms in total. The topological polar surface area (TPSA) is 60.3 Å². The van der Waals surface area contributed by atoms with Crippen molar-refractivity contribution in [1.82, 2.24) is 19.7 Å². The molecular formula is C19H26N4O2. The number of nitrogens with zero attached hydrogens (tertiary/aromatic N) is 4. The Morgan fingerprint density at radius 3 is 2.76 bits per heavy atom. The van der Waals surface area contributed by atoms with Crippen LogP contribution < -0.4 is 0 Å². The van der Waals surface area contributed by atoms with Crippen molar-refractivity contribution >= 4 is 5.91 Å². The van der Waals surface area contributed by atoms with Crippen LogP contribution in [0.1, 0.15) is 55.0 Å². The van der Waals surface area contributed by atoms with Gasteiger partial charge in [0.05, 0.1) is 11.6 Å². The molecule has 0 N–H and O–H groups in total. The van der Waals surface area contributed by atoms with E-state index in [4.69, 9.17) is 4.74 Å². The van der Waals surface area contributed by atoms with Crippen molar-refractivity contribution in [2.75, 3.05) is 13.7 Å². The van der Waals surface area contributed by atoms with Gasteiger partial charge in [-0.05, 0) is 46.2 Å². The van der Waals surface area contributed by atoms with Gasteiger partial charge in [-0.3, -0.25) is 14.5 Å². The van der Waals surface area contributed by atoms with Crippen LogP contribution in [0.15, 0.2) is 30.6 Å². The fourth-order valence-corrected chi connectivity index (χ4v) is 3.43. The lowest BCUT2D eigenvalue weighted by atomic mass is 10.0. The Balaban J connectivity index is 1.83. The Bertz CT molecular complexity index is 749. The third kappa shape index (κ3) is 3.44. The highest BCUT2D eigenvalue weighted by molar-refractivity contribution is 5.92. The number of carbonyl (C=O) groups is 1. The summed E-state index contributed by atoms with van der Waals surface area (Å²) in [6.07, 6.45) is 4.21. The summed E-state index contributed by atoms with van der Waals surface area (Å²) in [5.74, 6) is -0.0736. The molecule has 2 aromatic heterocycles. The first-order valence-electron chi connectivity index (χ1n) is 8.65. The highest BCUT2D eigenvalue weighted by atomic mass is 16.5. The molecular weight excluding hydrogens is 316 g/mol. The number of pyridine rings is 1. The SMILES string of the molecule is Cc1cc(C(=O)N(C)[C@H]2CCO[C@@H]2c2cccnc2)nn1C(C)(C)C. The number of hydrogen-bond donors (Lipinski definition) is 0. The van der Waals surface area contributed by atoms with E-state index < -0.39 is 0 Å². The normalized spacial score (nSPS) is 20.7. The van der Waals surface area contributed by atoms with E-state index in [0.717, 1.165) is 17.7 Å². The lowest BCUT2D eigenvalue weighted by Gasteiger charge is -2.28. The van der Waals surface area contributed by atoms with Gasteiger partial charge in [-0.15, -0.1) is 0 Å². The summed E-state index contributed by atoms with van der Waals surface area (Å²) in [6, 6.07) is 5.73. The van der Waals surface area contributed by atoms with Crippen molar-refractivity contribution < 1.29 is 9.53 Å². The third-order valence-electron chi connectivity index (χ3n) is 4.63. The van der Waals surface area contributed by atoms with E-state index in [9.17, 15) is 4.79 Å². The summed E-state index contributed by atoms with van der Waals surface area (Å²) < 4.78 is 7.78. The Morgan fingerprint density at radius 2 is 2.16 bits per heavy atom. The molecule has 0 aromatic carbocycles. The number of hydrogen-bond acceptors (Lipinski definition) is 4. The fourth-order valence-electron chi connectivity index (χ4n) is 3.43. The minimum Gasteiger partial charge on any atom is -0.371 e. The van der Waals surface area contributed by atoms with Crippen LogP contribution in [0.3, 0.4) is 0 Å². The molecule has 1 aliphatic rings. The zero-order chi connectivity index (χ0) is 18.2. The summed E-state index contributed by atoms with van der Waals surface area (Å²) in [5.41, 5.74) is 2.30. The first-order valence-corrected chi connectivity index (χ1v) is 8.65. The smallest absolute Gasteiger partial charge is 0.274 e. The summed E-state index contributed by atoms with van der Waals surface area (Å²) in [4.78, 5) is 18.9. The predicted molar refractivity (Wildman–Crippen MR) is 95.4 cm³/mol. The molecule has 3 heterocycles. The third-order valence-corrected chi connectivity index (χ3v) is 4.63. The number of rotatable bonds is 3. The van der Waals surface area contributed by atoms with Crippen LogP contribution in [0.25, 0.3) is 0 Å². The van der Waals surface area contributed by atoms with E-state index in [0.29, 0.717) is 12.3 Å². The van der Waals surface area contributed by atoms with E-state index in [1.165, 1.54) is 0 Å². The van der Waals surface area contributed by atoms with Crippen LogP contribution in [-0.4, -0.2) is 45.3 Å². The van der Waals surface area contributed by atoms with E-state index in [2.05, 4.69) is 30.9 Å². The summed E-state index contributed by atoms with van der Waals surface area (Å²) in [7, 11) is 1.83. The summed E-state index contributed by atoms with van der Waals surface area (Å²) >= 11 is 0. The van der Waals surface area contributed by atoms with Gasteiger partial charge in [0.1, 0.15) is 6.10 Å². The molecule has 1 saturated heterocycles. The Morgan fingerprint density at radius 1 is 1.40 bits per heavy atom. The van der Waals surface area contributed by atoms with Gasteiger partial charge in [0.2, 0.25) is 0 Å². The van der Waals surface area contributed by atoms with Gasteiger partial charge in [-0.1, -0.05) is 6.07 Å². The monoisotopic (exact) mass is 342 g/mol. The van der Waals surface area contributed by atoms with Gasteiger partial charge in [0, 0.05) is 37.3 Å². The molecule has 1 aliphatic heterocycles. The van der Waals surface area contributed by atoms with Crippen molar-refractivity contribution in [2.45, 2.75) is 51.8 Å². The van der Waals surface area contributed by atoms with Crippen LogP contribution in [0, 0.1) is 6.92 Å². The van der Waals surface area contributed by atoms with Gasteiger partial charge >= 0.3 is 0 Å². The molecule has 25 heavy (non-hydrogen) atoms. The largest absolute Gasteiger partial charge is 0.371 e. The van der Waals surface area contributed by atoms with Gasteiger partial charge in [0.15, 0.2) is 5.69 Å². The van der Waals surface area contributed by atoms with Crippen molar-refractivity contribution in [3.05, 3.63) is 47.5 Å². The quantitative estimate of drug-likeness (QED) is 0.860. The second-order valence-electron chi connectivity index (χ2n) is 7.60. The van der Waals surface area contributed by atoms with E-state index in [-0.39, 0.29) is 23.6 Å². The maximum Gasteiger partial charge on any atom is 0.274 e. The van der Waals surface area contributed by atoms with Crippen LogP contribution in [-0.2, 0) is 10.3 Å². The van der Waals surface area contributed by atoms with Crippen LogP contribution in [0.5, 0.6) is 0 Å². The molecule has 0 aliphatic carbocycles. The molecule has 3 rings (SSSR count). The molecule has 0 radical (unpaired) electrons. The van der Waals surface area contributed by atoms with Crippen molar-refractivity contribution in [2.24, 2.45) is 0 Å². The predicted octanol–water partition coefficient (Wildman–Crippen LogP) is 2.94. The molecule has 1 fully saturated rings. The molecule has 134 valence electrons. The Labute approximate surface area is 148 Å². The minimum atomic E-state index is -0.157. The minimum absolute atomic E-state index is 0.0169.